The van der Waals surface area contributed by atoms with Crippen LogP contribution in [0, 0.1) is 40.4 Å². The molecule has 0 amide bonds. The largest absolute Gasteiger partial charge is 0.495 e. The second kappa shape index (κ2) is 12.1. The molecule has 8 nitrogen and oxygen atoms in total. The fraction of sp³-hybridized carbons (Fsp3) is 0.400. The molecule has 0 atom stereocenters. The number of sulfonamides is 2. The van der Waals surface area contributed by atoms with Crippen LogP contribution in [0.4, 0.5) is 10.1 Å². The number of rotatable bonds is 9. The van der Waals surface area contributed by atoms with Crippen LogP contribution in [-0.4, -0.2) is 61.0 Å². The van der Waals surface area contributed by atoms with Crippen molar-refractivity contribution in [3.8, 4) is 5.75 Å². The summed E-state index contributed by atoms with van der Waals surface area (Å²) in [5, 5.41) is 0. The van der Waals surface area contributed by atoms with E-state index >= 15 is 0 Å². The monoisotopic (exact) mass is 603 g/mol. The number of ether oxygens (including phenoxy) is 1. The Morgan fingerprint density at radius 3 is 1.93 bits per heavy atom. The van der Waals surface area contributed by atoms with E-state index in [1.807, 2.05) is 39.5 Å². The number of methoxy groups -OCH3 is 1. The summed E-state index contributed by atoms with van der Waals surface area (Å²) in [5.41, 5.74) is 6.03. The molecular weight excluding hydrogens is 565 g/mol. The van der Waals surface area contributed by atoms with Crippen molar-refractivity contribution in [3.05, 3.63) is 81.7 Å². The highest BCUT2D eigenvalue weighted by atomic mass is 32.2. The van der Waals surface area contributed by atoms with E-state index in [1.165, 1.54) is 29.6 Å². The molecule has 3 aromatic carbocycles. The van der Waals surface area contributed by atoms with E-state index in [4.69, 9.17) is 4.74 Å². The van der Waals surface area contributed by atoms with Crippen LogP contribution in [0.25, 0.3) is 0 Å². The minimum Gasteiger partial charge on any atom is -0.495 e. The molecule has 0 saturated carbocycles. The molecule has 1 N–H and O–H groups in total. The average molecular weight is 604 g/mol. The summed E-state index contributed by atoms with van der Waals surface area (Å²) in [6, 6.07) is 10.6. The second-order valence-corrected chi connectivity index (χ2v) is 14.1. The van der Waals surface area contributed by atoms with Gasteiger partial charge < -0.3 is 9.64 Å². The number of halogens is 1. The summed E-state index contributed by atoms with van der Waals surface area (Å²) in [6.07, 6.45) is 0.415. The van der Waals surface area contributed by atoms with E-state index in [1.54, 1.807) is 24.3 Å². The van der Waals surface area contributed by atoms with Gasteiger partial charge in [-0.05, 0) is 105 Å². The van der Waals surface area contributed by atoms with Gasteiger partial charge in [-0.1, -0.05) is 12.1 Å². The lowest BCUT2D eigenvalue weighted by atomic mass is 9.95. The van der Waals surface area contributed by atoms with Gasteiger partial charge in [0.05, 0.1) is 22.6 Å². The van der Waals surface area contributed by atoms with Gasteiger partial charge in [0.1, 0.15) is 11.6 Å². The third-order valence-electron chi connectivity index (χ3n) is 8.19. The fourth-order valence-corrected chi connectivity index (χ4v) is 8.33. The zero-order valence-corrected chi connectivity index (χ0v) is 26.0. The van der Waals surface area contributed by atoms with Gasteiger partial charge in [0, 0.05) is 32.7 Å². The maximum absolute atomic E-state index is 13.8. The van der Waals surface area contributed by atoms with Gasteiger partial charge in [0.2, 0.25) is 20.0 Å². The first kappa shape index (κ1) is 31.0. The Morgan fingerprint density at radius 1 is 0.805 bits per heavy atom. The van der Waals surface area contributed by atoms with Gasteiger partial charge in [0.25, 0.3) is 0 Å². The molecule has 1 heterocycles. The van der Waals surface area contributed by atoms with Crippen molar-refractivity contribution in [3.63, 3.8) is 0 Å². The topological polar surface area (TPSA) is 96.0 Å². The van der Waals surface area contributed by atoms with Crippen LogP contribution in [0.15, 0.2) is 52.3 Å². The number of hydrogen-bond acceptors (Lipinski definition) is 6. The molecule has 222 valence electrons. The molecule has 0 radical (unpaired) electrons. The van der Waals surface area contributed by atoms with Crippen molar-refractivity contribution >= 4 is 25.7 Å². The summed E-state index contributed by atoms with van der Waals surface area (Å²) >= 11 is 0. The molecule has 0 aliphatic carbocycles. The Labute approximate surface area is 243 Å². The van der Waals surface area contributed by atoms with Crippen LogP contribution in [-0.2, 0) is 26.5 Å². The Morgan fingerprint density at radius 2 is 1.37 bits per heavy atom. The van der Waals surface area contributed by atoms with Crippen LogP contribution < -0.4 is 14.4 Å². The first-order chi connectivity index (χ1) is 19.3. The van der Waals surface area contributed by atoms with Crippen molar-refractivity contribution in [2.45, 2.75) is 50.8 Å². The van der Waals surface area contributed by atoms with Crippen LogP contribution in [0.1, 0.15) is 33.4 Å². The van der Waals surface area contributed by atoms with Gasteiger partial charge in [-0.2, -0.15) is 4.31 Å². The molecule has 1 aliphatic heterocycles. The zero-order chi connectivity index (χ0) is 30.1. The van der Waals surface area contributed by atoms with E-state index in [0.29, 0.717) is 35.8 Å². The Kier molecular flexibility index (Phi) is 9.13. The van der Waals surface area contributed by atoms with Crippen LogP contribution >= 0.6 is 0 Å². The smallest absolute Gasteiger partial charge is 0.243 e. The molecule has 1 aliphatic rings. The molecule has 0 bridgehead atoms. The Balaban J connectivity index is 1.51. The summed E-state index contributed by atoms with van der Waals surface area (Å²) in [6.45, 7) is 11.1. The molecular formula is C30H38FN3O5S2. The molecule has 3 aromatic rings. The quantitative estimate of drug-likeness (QED) is 0.390. The maximum Gasteiger partial charge on any atom is 0.243 e. The van der Waals surface area contributed by atoms with Gasteiger partial charge in [-0.3, -0.25) is 0 Å². The Bertz CT molecular complexity index is 1620. The number of nitrogens with zero attached hydrogens (tertiary/aromatic N) is 2. The lowest BCUT2D eigenvalue weighted by Crippen LogP contribution is -2.49. The third kappa shape index (κ3) is 6.28. The molecule has 0 aromatic heterocycles. The first-order valence-electron chi connectivity index (χ1n) is 13.5. The maximum atomic E-state index is 13.8. The lowest BCUT2D eigenvalue weighted by molar-refractivity contribution is 0.377. The van der Waals surface area contributed by atoms with E-state index in [9.17, 15) is 21.2 Å². The van der Waals surface area contributed by atoms with Gasteiger partial charge in [-0.15, -0.1) is 0 Å². The highest BCUT2D eigenvalue weighted by molar-refractivity contribution is 7.89. The minimum atomic E-state index is -3.83. The van der Waals surface area contributed by atoms with E-state index in [2.05, 4.69) is 4.72 Å². The number of piperazine rings is 1. The third-order valence-corrected chi connectivity index (χ3v) is 11.8. The number of benzene rings is 3. The van der Waals surface area contributed by atoms with Crippen molar-refractivity contribution in [2.24, 2.45) is 0 Å². The molecule has 41 heavy (non-hydrogen) atoms. The fourth-order valence-electron chi connectivity index (χ4n) is 5.30. The van der Waals surface area contributed by atoms with E-state index < -0.39 is 20.0 Å². The van der Waals surface area contributed by atoms with E-state index in [0.717, 1.165) is 33.4 Å². The Hall–Kier alpha value is -2.99. The number of nitrogens with one attached hydrogen (secondary N) is 1. The molecule has 4 rings (SSSR count). The van der Waals surface area contributed by atoms with Crippen molar-refractivity contribution in [2.75, 3.05) is 44.7 Å². The number of hydrogen-bond donors (Lipinski definition) is 1. The summed E-state index contributed by atoms with van der Waals surface area (Å²) in [4.78, 5) is 2.41. The van der Waals surface area contributed by atoms with Gasteiger partial charge in [-0.25, -0.2) is 25.9 Å². The molecule has 11 heteroatoms. The molecule has 0 spiro atoms. The highest BCUT2D eigenvalue weighted by Crippen LogP contribution is 2.34. The number of anilines is 1. The minimum absolute atomic E-state index is 0.0827. The average Bonchev–Trinajstić information content (AvgIpc) is 2.95. The van der Waals surface area contributed by atoms with Crippen molar-refractivity contribution in [1.82, 2.24) is 9.03 Å². The highest BCUT2D eigenvalue weighted by Gasteiger charge is 2.33. The van der Waals surface area contributed by atoms with Crippen LogP contribution in [0.3, 0.4) is 0 Å². The summed E-state index contributed by atoms with van der Waals surface area (Å²) in [7, 11) is -6.04. The standard InChI is InChI=1S/C30H38FN3O5S2/c1-20-21(2)23(4)30(24(5)22(20)3)41(37,38)34-17-15-33(16-18-34)28-19-27(11-12-29(28)39-6)40(35,36)32-14-13-25-7-9-26(31)10-8-25/h7-12,19,32H,13-18H2,1-6H3. The molecule has 0 unspecified atom stereocenters. The summed E-state index contributed by atoms with van der Waals surface area (Å²) in [5.74, 6) is 0.159. The second-order valence-electron chi connectivity index (χ2n) is 10.5. The normalized spacial score (nSPS) is 14.9. The van der Waals surface area contributed by atoms with Crippen molar-refractivity contribution < 1.29 is 26.0 Å². The van der Waals surface area contributed by atoms with Gasteiger partial charge >= 0.3 is 0 Å². The van der Waals surface area contributed by atoms with Crippen LogP contribution in [0.5, 0.6) is 5.75 Å². The molecule has 1 fully saturated rings. The van der Waals surface area contributed by atoms with Crippen molar-refractivity contribution in [1.29, 1.82) is 0 Å². The SMILES string of the molecule is COc1ccc(S(=O)(=O)NCCc2ccc(F)cc2)cc1N1CCN(S(=O)(=O)c2c(C)c(C)c(C)c(C)c2C)CC1. The lowest BCUT2D eigenvalue weighted by Gasteiger charge is -2.36. The predicted molar refractivity (Wildman–Crippen MR) is 159 cm³/mol. The van der Waals surface area contributed by atoms with Crippen LogP contribution in [0.2, 0.25) is 0 Å². The first-order valence-corrected chi connectivity index (χ1v) is 16.4. The molecule has 1 saturated heterocycles. The summed E-state index contributed by atoms with van der Waals surface area (Å²) < 4.78 is 76.5. The zero-order valence-electron chi connectivity index (χ0n) is 24.4. The van der Waals surface area contributed by atoms with E-state index in [-0.39, 0.29) is 30.3 Å². The predicted octanol–water partition coefficient (Wildman–Crippen LogP) is 4.41. The van der Waals surface area contributed by atoms with Gasteiger partial charge in [0.15, 0.2) is 0 Å².